The first-order chi connectivity index (χ1) is 13.0. The molecule has 0 radical (unpaired) electrons. The molecule has 0 bridgehead atoms. The molecule has 0 aliphatic carbocycles. The van der Waals surface area contributed by atoms with E-state index < -0.39 is 0 Å². The number of carbonyl (C=O) groups is 1. The van der Waals surface area contributed by atoms with Crippen LogP contribution in [0, 0.1) is 6.92 Å². The second kappa shape index (κ2) is 7.17. The van der Waals surface area contributed by atoms with E-state index in [9.17, 15) is 4.79 Å². The van der Waals surface area contributed by atoms with Crippen molar-refractivity contribution in [3.05, 3.63) is 52.9 Å². The standard InChI is InChI=1S/C20H16N2O3S2/c1-3-24-16-5-4-12(6-11(16)2)15-10-21-9-13-7-14(25-18(13)15)8-17-19(23)22-20(26)27-17/h4-10H,3H2,1-2H3,(H,22,23,26)/b17-8+. The summed E-state index contributed by atoms with van der Waals surface area (Å²) >= 11 is 6.25. The van der Waals surface area contributed by atoms with Crippen LogP contribution in [-0.4, -0.2) is 21.8 Å². The van der Waals surface area contributed by atoms with Gasteiger partial charge in [-0.2, -0.15) is 0 Å². The molecule has 136 valence electrons. The Morgan fingerprint density at radius 1 is 1.33 bits per heavy atom. The van der Waals surface area contributed by atoms with Gasteiger partial charge in [-0.1, -0.05) is 30.0 Å². The molecular formula is C20H16N2O3S2. The van der Waals surface area contributed by atoms with Crippen LogP contribution >= 0.6 is 24.0 Å². The van der Waals surface area contributed by atoms with Gasteiger partial charge in [0.1, 0.15) is 21.4 Å². The molecule has 0 atom stereocenters. The first-order valence-corrected chi connectivity index (χ1v) is 9.64. The smallest absolute Gasteiger partial charge is 0.263 e. The van der Waals surface area contributed by atoms with Crippen molar-refractivity contribution in [3.63, 3.8) is 0 Å². The molecular weight excluding hydrogens is 380 g/mol. The minimum atomic E-state index is -0.203. The van der Waals surface area contributed by atoms with Crippen LogP contribution in [0.4, 0.5) is 0 Å². The lowest BCUT2D eigenvalue weighted by molar-refractivity contribution is -0.115. The van der Waals surface area contributed by atoms with Crippen LogP contribution in [0.2, 0.25) is 0 Å². The zero-order valence-corrected chi connectivity index (χ0v) is 16.4. The molecule has 5 nitrogen and oxygen atoms in total. The maximum atomic E-state index is 11.9. The number of hydrogen-bond donors (Lipinski definition) is 1. The third kappa shape index (κ3) is 3.48. The van der Waals surface area contributed by atoms with Crippen molar-refractivity contribution in [2.24, 2.45) is 0 Å². The van der Waals surface area contributed by atoms with Crippen LogP contribution in [0.3, 0.4) is 0 Å². The Kier molecular flexibility index (Phi) is 4.72. The molecule has 3 heterocycles. The molecule has 1 aliphatic rings. The molecule has 1 amide bonds. The van der Waals surface area contributed by atoms with Gasteiger partial charge < -0.3 is 14.5 Å². The van der Waals surface area contributed by atoms with E-state index in [1.807, 2.05) is 32.0 Å². The maximum Gasteiger partial charge on any atom is 0.263 e. The number of nitrogens with one attached hydrogen (secondary N) is 1. The molecule has 2 aromatic heterocycles. The summed E-state index contributed by atoms with van der Waals surface area (Å²) in [6.45, 7) is 4.61. The Morgan fingerprint density at radius 2 is 2.19 bits per heavy atom. The summed E-state index contributed by atoms with van der Waals surface area (Å²) in [4.78, 5) is 16.7. The van der Waals surface area contributed by atoms with Crippen LogP contribution < -0.4 is 10.1 Å². The van der Waals surface area contributed by atoms with Crippen LogP contribution in [0.25, 0.3) is 28.2 Å². The van der Waals surface area contributed by atoms with Crippen molar-refractivity contribution >= 4 is 51.3 Å². The van der Waals surface area contributed by atoms with E-state index >= 15 is 0 Å². The third-order valence-electron chi connectivity index (χ3n) is 4.14. The number of furan rings is 1. The maximum absolute atomic E-state index is 11.9. The number of thioether (sulfide) groups is 1. The summed E-state index contributed by atoms with van der Waals surface area (Å²) < 4.78 is 12.1. The van der Waals surface area contributed by atoms with E-state index in [-0.39, 0.29) is 5.91 Å². The Morgan fingerprint density at radius 3 is 2.89 bits per heavy atom. The average Bonchev–Trinajstić information content (AvgIpc) is 3.19. The number of aromatic nitrogens is 1. The second-order valence-electron chi connectivity index (χ2n) is 6.02. The number of rotatable bonds is 4. The number of nitrogens with zero attached hydrogens (tertiary/aromatic N) is 1. The van der Waals surface area contributed by atoms with Gasteiger partial charge in [-0.25, -0.2) is 0 Å². The van der Waals surface area contributed by atoms with Gasteiger partial charge in [0, 0.05) is 29.4 Å². The fraction of sp³-hybridized carbons (Fsp3) is 0.150. The van der Waals surface area contributed by atoms with Crippen molar-refractivity contribution in [2.45, 2.75) is 13.8 Å². The van der Waals surface area contributed by atoms with Crippen molar-refractivity contribution in [1.82, 2.24) is 10.3 Å². The molecule has 1 aromatic carbocycles. The lowest BCUT2D eigenvalue weighted by Gasteiger charge is -2.09. The first-order valence-electron chi connectivity index (χ1n) is 8.41. The molecule has 1 fully saturated rings. The van der Waals surface area contributed by atoms with Gasteiger partial charge >= 0.3 is 0 Å². The highest BCUT2D eigenvalue weighted by Gasteiger charge is 2.23. The molecule has 1 aliphatic heterocycles. The largest absolute Gasteiger partial charge is 0.494 e. The van der Waals surface area contributed by atoms with Gasteiger partial charge in [-0.15, -0.1) is 0 Å². The minimum absolute atomic E-state index is 0.203. The van der Waals surface area contributed by atoms with Gasteiger partial charge in [0.2, 0.25) is 0 Å². The number of benzene rings is 1. The summed E-state index contributed by atoms with van der Waals surface area (Å²) in [6.07, 6.45) is 5.23. The third-order valence-corrected chi connectivity index (χ3v) is 5.31. The van der Waals surface area contributed by atoms with Crippen LogP contribution in [-0.2, 0) is 4.79 Å². The molecule has 27 heavy (non-hydrogen) atoms. The SMILES string of the molecule is CCOc1ccc(-c2cncc3cc(/C=C4/SC(=S)NC4=O)oc23)cc1C. The zero-order valence-electron chi connectivity index (χ0n) is 14.7. The minimum Gasteiger partial charge on any atom is -0.494 e. The fourth-order valence-electron chi connectivity index (χ4n) is 2.94. The highest BCUT2D eigenvalue weighted by Crippen LogP contribution is 2.34. The Hall–Kier alpha value is -2.64. The number of amides is 1. The van der Waals surface area contributed by atoms with E-state index in [0.717, 1.165) is 33.4 Å². The number of carbonyl (C=O) groups excluding carboxylic acids is 1. The van der Waals surface area contributed by atoms with Gasteiger partial charge in [0.25, 0.3) is 5.91 Å². The van der Waals surface area contributed by atoms with Gasteiger partial charge in [0.15, 0.2) is 0 Å². The number of fused-ring (bicyclic) bond motifs is 1. The molecule has 1 saturated heterocycles. The van der Waals surface area contributed by atoms with Crippen molar-refractivity contribution in [1.29, 1.82) is 0 Å². The fourth-order valence-corrected chi connectivity index (χ4v) is 3.97. The lowest BCUT2D eigenvalue weighted by atomic mass is 10.0. The molecule has 4 rings (SSSR count). The van der Waals surface area contributed by atoms with Gasteiger partial charge in [-0.05, 0) is 43.2 Å². The number of pyridine rings is 1. The van der Waals surface area contributed by atoms with Crippen molar-refractivity contribution in [2.75, 3.05) is 6.61 Å². The van der Waals surface area contributed by atoms with Gasteiger partial charge in [0.05, 0.1) is 11.5 Å². The topological polar surface area (TPSA) is 64.4 Å². The van der Waals surface area contributed by atoms with E-state index in [4.69, 9.17) is 21.4 Å². The van der Waals surface area contributed by atoms with Crippen molar-refractivity contribution < 1.29 is 13.9 Å². The van der Waals surface area contributed by atoms with Crippen LogP contribution in [0.1, 0.15) is 18.2 Å². The molecule has 3 aromatic rings. The monoisotopic (exact) mass is 396 g/mol. The highest BCUT2D eigenvalue weighted by atomic mass is 32.2. The Balaban J connectivity index is 1.76. The molecule has 1 N–H and O–H groups in total. The zero-order chi connectivity index (χ0) is 19.0. The second-order valence-corrected chi connectivity index (χ2v) is 7.74. The Bertz CT molecular complexity index is 1100. The van der Waals surface area contributed by atoms with Crippen LogP contribution in [0.5, 0.6) is 5.75 Å². The molecule has 7 heteroatoms. The molecule has 0 unspecified atom stereocenters. The normalized spacial score (nSPS) is 15.6. The first kappa shape index (κ1) is 17.8. The van der Waals surface area contributed by atoms with Crippen LogP contribution in [0.15, 0.2) is 46.0 Å². The number of hydrogen-bond acceptors (Lipinski definition) is 6. The summed E-state index contributed by atoms with van der Waals surface area (Å²) in [5, 5.41) is 3.47. The molecule has 0 saturated carbocycles. The van der Waals surface area contributed by atoms with E-state index in [1.54, 1.807) is 18.5 Å². The predicted octanol–water partition coefficient (Wildman–Crippen LogP) is 4.69. The number of aryl methyl sites for hydroxylation is 1. The summed E-state index contributed by atoms with van der Waals surface area (Å²) in [5.74, 6) is 1.25. The molecule has 0 spiro atoms. The number of ether oxygens (including phenoxy) is 1. The Labute approximate surface area is 165 Å². The van der Waals surface area contributed by atoms with Gasteiger partial charge in [-0.3, -0.25) is 9.78 Å². The summed E-state index contributed by atoms with van der Waals surface area (Å²) in [6, 6.07) is 7.88. The number of thiocarbonyl (C=S) groups is 1. The van der Waals surface area contributed by atoms with E-state index in [2.05, 4.69) is 16.4 Å². The lowest BCUT2D eigenvalue weighted by Crippen LogP contribution is -2.17. The van der Waals surface area contributed by atoms with E-state index in [0.29, 0.717) is 21.6 Å². The quantitative estimate of drug-likeness (QED) is 0.510. The summed E-state index contributed by atoms with van der Waals surface area (Å²) in [7, 11) is 0. The predicted molar refractivity (Wildman–Crippen MR) is 112 cm³/mol. The van der Waals surface area contributed by atoms with E-state index in [1.165, 1.54) is 11.8 Å². The highest BCUT2D eigenvalue weighted by molar-refractivity contribution is 8.26. The summed E-state index contributed by atoms with van der Waals surface area (Å²) in [5.41, 5.74) is 3.67. The van der Waals surface area contributed by atoms with Crippen molar-refractivity contribution in [3.8, 4) is 16.9 Å². The average molecular weight is 396 g/mol.